The van der Waals surface area contributed by atoms with Gasteiger partial charge in [0, 0.05) is 4.75 Å². The highest BCUT2D eigenvalue weighted by atomic mass is 32.2. The number of carboxylic acid groups (broad SMARTS) is 1. The van der Waals surface area contributed by atoms with E-state index >= 15 is 0 Å². The average molecular weight is 215 g/mol. The van der Waals surface area contributed by atoms with Gasteiger partial charge in [-0.3, -0.25) is 4.79 Å². The third kappa shape index (κ3) is 1.08. The minimum absolute atomic E-state index is 0.0212. The molecule has 14 heavy (non-hydrogen) atoms. The molecule has 0 aliphatic carbocycles. The first-order chi connectivity index (χ1) is 6.49. The average Bonchev–Trinajstić information content (AvgIpc) is 2.35. The lowest BCUT2D eigenvalue weighted by Crippen LogP contribution is -2.57. The molecule has 0 aromatic carbocycles. The lowest BCUT2D eigenvalue weighted by Gasteiger charge is -2.36. The number of hydrogen-bond acceptors (Lipinski definition) is 3. The van der Waals surface area contributed by atoms with Crippen LogP contribution in [0.5, 0.6) is 0 Å². The highest BCUT2D eigenvalue weighted by Gasteiger charge is 2.59. The summed E-state index contributed by atoms with van der Waals surface area (Å²) in [5.74, 6) is -0.899. The maximum Gasteiger partial charge on any atom is 0.327 e. The van der Waals surface area contributed by atoms with E-state index in [1.54, 1.807) is 11.8 Å². The van der Waals surface area contributed by atoms with Crippen molar-refractivity contribution in [3.8, 4) is 0 Å². The largest absolute Gasteiger partial charge is 0.480 e. The highest BCUT2D eigenvalue weighted by molar-refractivity contribution is 8.01. The number of hydrogen-bond donors (Lipinski definition) is 1. The second-order valence-corrected chi connectivity index (χ2v) is 5.70. The van der Waals surface area contributed by atoms with E-state index in [4.69, 9.17) is 5.11 Å². The standard InChI is InChI=1S/C9H13NO3S/c1-3-9(2)7(8(12)13)10-5(11)4-6(10)14-9/h6-7H,3-4H2,1-2H3,(H,12,13)/t6-,7+,9+/m1/s1. The zero-order valence-corrected chi connectivity index (χ0v) is 9.00. The van der Waals surface area contributed by atoms with Crippen molar-refractivity contribution in [1.82, 2.24) is 4.90 Å². The molecular formula is C9H13NO3S. The molecule has 2 heterocycles. The lowest BCUT2D eigenvalue weighted by atomic mass is 9.94. The van der Waals surface area contributed by atoms with Crippen molar-refractivity contribution in [2.45, 2.75) is 42.9 Å². The molecule has 4 nitrogen and oxygen atoms in total. The lowest BCUT2D eigenvalue weighted by molar-refractivity contribution is -0.157. The van der Waals surface area contributed by atoms with Gasteiger partial charge in [-0.25, -0.2) is 4.79 Å². The molecule has 0 saturated carbocycles. The SMILES string of the molecule is CC[C@]1(C)S[C@@H]2CC(=O)N2[C@H]1C(=O)O. The number of aliphatic carboxylic acids is 1. The first-order valence-electron chi connectivity index (χ1n) is 4.71. The van der Waals surface area contributed by atoms with E-state index in [1.807, 2.05) is 13.8 Å². The Balaban J connectivity index is 2.31. The third-order valence-corrected chi connectivity index (χ3v) is 4.86. The van der Waals surface area contributed by atoms with Gasteiger partial charge in [0.1, 0.15) is 6.04 Å². The molecule has 2 rings (SSSR count). The summed E-state index contributed by atoms with van der Waals surface area (Å²) in [5, 5.41) is 9.22. The zero-order valence-electron chi connectivity index (χ0n) is 8.19. The number of β-lactam (4-membered cyclic amide) rings is 1. The monoisotopic (exact) mass is 215 g/mol. The Kier molecular flexibility index (Phi) is 2.03. The summed E-state index contributed by atoms with van der Waals surface area (Å²) < 4.78 is -0.317. The first kappa shape index (κ1) is 9.83. The molecule has 2 saturated heterocycles. The van der Waals surface area contributed by atoms with Gasteiger partial charge in [0.25, 0.3) is 0 Å². The minimum Gasteiger partial charge on any atom is -0.480 e. The number of rotatable bonds is 2. The summed E-state index contributed by atoms with van der Waals surface area (Å²) in [6.07, 6.45) is 1.28. The number of thioether (sulfide) groups is 1. The van der Waals surface area contributed by atoms with Crippen molar-refractivity contribution < 1.29 is 14.7 Å². The van der Waals surface area contributed by atoms with E-state index in [1.165, 1.54) is 4.90 Å². The van der Waals surface area contributed by atoms with Crippen LogP contribution in [-0.2, 0) is 9.59 Å². The summed E-state index contributed by atoms with van der Waals surface area (Å²) in [4.78, 5) is 23.9. The molecule has 0 spiro atoms. The van der Waals surface area contributed by atoms with Gasteiger partial charge in [-0.15, -0.1) is 11.8 Å². The Morgan fingerprint density at radius 3 is 2.86 bits per heavy atom. The van der Waals surface area contributed by atoms with Gasteiger partial charge in [-0.1, -0.05) is 6.92 Å². The van der Waals surface area contributed by atoms with Crippen LogP contribution in [0.25, 0.3) is 0 Å². The third-order valence-electron chi connectivity index (χ3n) is 3.15. The normalized spacial score (nSPS) is 40.7. The molecule has 1 amide bonds. The molecule has 1 N–H and O–H groups in total. The van der Waals surface area contributed by atoms with Crippen LogP contribution in [0.15, 0.2) is 0 Å². The van der Waals surface area contributed by atoms with Crippen molar-refractivity contribution >= 4 is 23.6 Å². The quantitative estimate of drug-likeness (QED) is 0.696. The zero-order chi connectivity index (χ0) is 10.5. The maximum absolute atomic E-state index is 11.3. The summed E-state index contributed by atoms with van der Waals surface area (Å²) in [6, 6.07) is -0.635. The molecule has 0 bridgehead atoms. The highest BCUT2D eigenvalue weighted by Crippen LogP contribution is 2.52. The second-order valence-electron chi connectivity index (χ2n) is 3.98. The number of carbonyl (C=O) groups is 2. The summed E-state index contributed by atoms with van der Waals surface area (Å²) >= 11 is 1.63. The van der Waals surface area contributed by atoms with Crippen LogP contribution in [0.4, 0.5) is 0 Å². The van der Waals surface area contributed by atoms with E-state index < -0.39 is 12.0 Å². The minimum atomic E-state index is -0.877. The molecule has 3 atom stereocenters. The number of nitrogens with zero attached hydrogens (tertiary/aromatic N) is 1. The van der Waals surface area contributed by atoms with Gasteiger partial charge >= 0.3 is 5.97 Å². The molecule has 0 aromatic heterocycles. The Bertz CT molecular complexity index is 306. The number of carboxylic acids is 1. The molecular weight excluding hydrogens is 202 g/mol. The molecule has 0 aromatic rings. The number of carbonyl (C=O) groups excluding carboxylic acids is 1. The Morgan fingerprint density at radius 1 is 1.79 bits per heavy atom. The van der Waals surface area contributed by atoms with Crippen LogP contribution in [0, 0.1) is 0 Å². The van der Waals surface area contributed by atoms with E-state index in [9.17, 15) is 9.59 Å². The molecule has 0 unspecified atom stereocenters. The Hall–Kier alpha value is -0.710. The first-order valence-corrected chi connectivity index (χ1v) is 5.59. The van der Waals surface area contributed by atoms with Gasteiger partial charge in [-0.05, 0) is 13.3 Å². The predicted molar refractivity (Wildman–Crippen MR) is 53.0 cm³/mol. The van der Waals surface area contributed by atoms with E-state index in [0.29, 0.717) is 6.42 Å². The fraction of sp³-hybridized carbons (Fsp3) is 0.778. The Morgan fingerprint density at radius 2 is 2.43 bits per heavy atom. The van der Waals surface area contributed by atoms with E-state index in [-0.39, 0.29) is 16.0 Å². The van der Waals surface area contributed by atoms with Gasteiger partial charge < -0.3 is 10.0 Å². The van der Waals surface area contributed by atoms with Crippen molar-refractivity contribution in [1.29, 1.82) is 0 Å². The second kappa shape index (κ2) is 2.89. The Labute approximate surface area is 86.6 Å². The van der Waals surface area contributed by atoms with Crippen molar-refractivity contribution in [3.05, 3.63) is 0 Å². The van der Waals surface area contributed by atoms with Gasteiger partial charge in [0.05, 0.1) is 11.8 Å². The predicted octanol–water partition coefficient (Wildman–Crippen LogP) is 0.913. The fourth-order valence-electron chi connectivity index (χ4n) is 2.14. The fourth-order valence-corrected chi connectivity index (χ4v) is 3.85. The molecule has 2 aliphatic rings. The van der Waals surface area contributed by atoms with Crippen LogP contribution >= 0.6 is 11.8 Å². The van der Waals surface area contributed by atoms with Crippen LogP contribution in [0.3, 0.4) is 0 Å². The maximum atomic E-state index is 11.3. The van der Waals surface area contributed by atoms with Crippen LogP contribution < -0.4 is 0 Å². The summed E-state index contributed by atoms with van der Waals surface area (Å²) in [5.41, 5.74) is 0. The molecule has 2 aliphatic heterocycles. The van der Waals surface area contributed by atoms with Crippen LogP contribution in [0.1, 0.15) is 26.7 Å². The number of fused-ring (bicyclic) bond motifs is 1. The topological polar surface area (TPSA) is 57.6 Å². The molecule has 5 heteroatoms. The molecule has 0 radical (unpaired) electrons. The summed E-state index contributed by atoms with van der Waals surface area (Å²) in [6.45, 7) is 3.90. The molecule has 78 valence electrons. The van der Waals surface area contributed by atoms with Crippen LogP contribution in [0.2, 0.25) is 0 Å². The van der Waals surface area contributed by atoms with E-state index in [2.05, 4.69) is 0 Å². The van der Waals surface area contributed by atoms with Crippen LogP contribution in [-0.4, -0.2) is 38.0 Å². The van der Waals surface area contributed by atoms with E-state index in [0.717, 1.165) is 6.42 Å². The number of amides is 1. The van der Waals surface area contributed by atoms with Gasteiger partial charge in [0.2, 0.25) is 5.91 Å². The van der Waals surface area contributed by atoms with Gasteiger partial charge in [-0.2, -0.15) is 0 Å². The van der Waals surface area contributed by atoms with Crippen molar-refractivity contribution in [2.75, 3.05) is 0 Å². The smallest absolute Gasteiger partial charge is 0.327 e. The summed E-state index contributed by atoms with van der Waals surface area (Å²) in [7, 11) is 0. The molecule has 2 fully saturated rings. The van der Waals surface area contributed by atoms with Crippen molar-refractivity contribution in [3.63, 3.8) is 0 Å². The van der Waals surface area contributed by atoms with Crippen molar-refractivity contribution in [2.24, 2.45) is 0 Å². The van der Waals surface area contributed by atoms with Gasteiger partial charge in [0.15, 0.2) is 0 Å².